The van der Waals surface area contributed by atoms with Crippen LogP contribution in [0.2, 0.25) is 5.02 Å². The normalized spacial score (nSPS) is 12.0. The van der Waals surface area contributed by atoms with Crippen molar-refractivity contribution in [3.8, 4) is 11.3 Å². The molecule has 0 aliphatic heterocycles. The molecule has 0 saturated heterocycles. The van der Waals surface area contributed by atoms with Crippen molar-refractivity contribution in [2.24, 2.45) is 5.92 Å². The van der Waals surface area contributed by atoms with Crippen molar-refractivity contribution in [1.82, 2.24) is 5.32 Å². The minimum atomic E-state index is -0.735. The monoisotopic (exact) mass is 335 g/mol. The number of carbonyl (C=O) groups is 2. The van der Waals surface area contributed by atoms with E-state index in [-0.39, 0.29) is 11.7 Å². The van der Waals surface area contributed by atoms with Crippen LogP contribution in [0.4, 0.5) is 0 Å². The fourth-order valence-electron chi connectivity index (χ4n) is 2.10. The summed E-state index contributed by atoms with van der Waals surface area (Å²) in [7, 11) is 1.28. The highest BCUT2D eigenvalue weighted by atomic mass is 35.5. The van der Waals surface area contributed by atoms with E-state index in [1.54, 1.807) is 24.3 Å². The molecule has 2 aromatic rings. The minimum Gasteiger partial charge on any atom is -0.467 e. The first-order valence-electron chi connectivity index (χ1n) is 7.17. The van der Waals surface area contributed by atoms with Crippen LogP contribution in [-0.2, 0) is 9.53 Å². The van der Waals surface area contributed by atoms with Gasteiger partial charge in [0.2, 0.25) is 0 Å². The molecular formula is C17H18ClNO4. The lowest BCUT2D eigenvalue weighted by molar-refractivity contribution is -0.144. The van der Waals surface area contributed by atoms with Crippen LogP contribution in [0, 0.1) is 5.92 Å². The van der Waals surface area contributed by atoms with Gasteiger partial charge in [-0.15, -0.1) is 0 Å². The predicted molar refractivity (Wildman–Crippen MR) is 87.3 cm³/mol. The molecule has 1 amide bonds. The van der Waals surface area contributed by atoms with Gasteiger partial charge in [-0.2, -0.15) is 0 Å². The number of methoxy groups -OCH3 is 1. The van der Waals surface area contributed by atoms with Gasteiger partial charge in [-0.3, -0.25) is 4.79 Å². The lowest BCUT2D eigenvalue weighted by Crippen LogP contribution is -2.44. The van der Waals surface area contributed by atoms with Gasteiger partial charge >= 0.3 is 5.97 Å². The maximum Gasteiger partial charge on any atom is 0.328 e. The smallest absolute Gasteiger partial charge is 0.328 e. The zero-order valence-electron chi connectivity index (χ0n) is 13.1. The molecule has 1 heterocycles. The molecule has 0 saturated carbocycles. The zero-order valence-corrected chi connectivity index (χ0v) is 13.9. The van der Waals surface area contributed by atoms with Crippen molar-refractivity contribution in [1.29, 1.82) is 0 Å². The van der Waals surface area contributed by atoms with Crippen molar-refractivity contribution in [2.45, 2.75) is 19.9 Å². The summed E-state index contributed by atoms with van der Waals surface area (Å²) in [5, 5.41) is 3.15. The average Bonchev–Trinajstić information content (AvgIpc) is 3.01. The summed E-state index contributed by atoms with van der Waals surface area (Å²) in [6, 6.07) is 9.66. The number of esters is 1. The van der Waals surface area contributed by atoms with E-state index < -0.39 is 17.9 Å². The second-order valence-electron chi connectivity index (χ2n) is 5.36. The van der Waals surface area contributed by atoms with Crippen LogP contribution in [0.5, 0.6) is 0 Å². The summed E-state index contributed by atoms with van der Waals surface area (Å²) in [6.07, 6.45) is 0. The first-order valence-corrected chi connectivity index (χ1v) is 7.55. The molecule has 0 aliphatic rings. The van der Waals surface area contributed by atoms with E-state index in [2.05, 4.69) is 5.32 Å². The molecule has 1 atom stereocenters. The number of carbonyl (C=O) groups excluding carboxylic acids is 2. The molecule has 0 bridgehead atoms. The van der Waals surface area contributed by atoms with Gasteiger partial charge in [0.05, 0.1) is 12.1 Å². The number of rotatable bonds is 5. The second kappa shape index (κ2) is 7.33. The number of nitrogens with one attached hydrogen (secondary N) is 1. The summed E-state index contributed by atoms with van der Waals surface area (Å²) in [5.41, 5.74) is 0.696. The Kier molecular flexibility index (Phi) is 5.45. The van der Waals surface area contributed by atoms with Crippen molar-refractivity contribution < 1.29 is 18.7 Å². The molecule has 0 unspecified atom stereocenters. The maximum absolute atomic E-state index is 12.3. The number of hydrogen-bond acceptors (Lipinski definition) is 4. The summed E-state index contributed by atoms with van der Waals surface area (Å²) in [6.45, 7) is 3.64. The van der Waals surface area contributed by atoms with E-state index in [1.807, 2.05) is 26.0 Å². The molecule has 0 spiro atoms. The quantitative estimate of drug-likeness (QED) is 0.849. The van der Waals surface area contributed by atoms with Gasteiger partial charge in [0.1, 0.15) is 11.8 Å². The Balaban J connectivity index is 2.18. The molecule has 1 aromatic heterocycles. The van der Waals surface area contributed by atoms with Crippen molar-refractivity contribution >= 4 is 23.5 Å². The fourth-order valence-corrected chi connectivity index (χ4v) is 2.33. The third-order valence-corrected chi connectivity index (χ3v) is 3.71. The van der Waals surface area contributed by atoms with Crippen LogP contribution in [0.1, 0.15) is 24.4 Å². The van der Waals surface area contributed by atoms with Crippen LogP contribution >= 0.6 is 11.6 Å². The molecule has 1 aromatic carbocycles. The molecule has 2 rings (SSSR count). The van der Waals surface area contributed by atoms with E-state index >= 15 is 0 Å². The number of benzene rings is 1. The highest BCUT2D eigenvalue weighted by molar-refractivity contribution is 6.33. The number of amides is 1. The molecule has 122 valence electrons. The second-order valence-corrected chi connectivity index (χ2v) is 5.77. The third-order valence-electron chi connectivity index (χ3n) is 3.38. The van der Waals surface area contributed by atoms with Gasteiger partial charge in [0.25, 0.3) is 5.91 Å². The van der Waals surface area contributed by atoms with E-state index in [9.17, 15) is 9.59 Å². The molecule has 0 aliphatic carbocycles. The van der Waals surface area contributed by atoms with E-state index in [0.717, 1.165) is 0 Å². The standard InChI is InChI=1S/C17H18ClNO4/c1-10(2)15(17(21)22-3)19-16(20)14-9-8-13(23-14)11-6-4-5-7-12(11)18/h4-10,15H,1-3H3,(H,19,20)/t15-/m0/s1. The minimum absolute atomic E-state index is 0.106. The maximum atomic E-state index is 12.3. The lowest BCUT2D eigenvalue weighted by Gasteiger charge is -2.18. The van der Waals surface area contributed by atoms with Gasteiger partial charge in [-0.1, -0.05) is 37.6 Å². The number of halogens is 1. The van der Waals surface area contributed by atoms with E-state index in [1.165, 1.54) is 7.11 Å². The first kappa shape index (κ1) is 17.1. The van der Waals surface area contributed by atoms with Crippen LogP contribution in [0.15, 0.2) is 40.8 Å². The summed E-state index contributed by atoms with van der Waals surface area (Å²) < 4.78 is 10.3. The van der Waals surface area contributed by atoms with Gasteiger partial charge in [-0.05, 0) is 30.2 Å². The zero-order chi connectivity index (χ0) is 17.0. The largest absolute Gasteiger partial charge is 0.467 e. The molecule has 5 nitrogen and oxygen atoms in total. The van der Waals surface area contributed by atoms with Crippen LogP contribution in [0.25, 0.3) is 11.3 Å². The molecule has 6 heteroatoms. The number of ether oxygens (including phenoxy) is 1. The summed E-state index contributed by atoms with van der Waals surface area (Å²) in [4.78, 5) is 24.0. The Morgan fingerprint density at radius 3 is 2.48 bits per heavy atom. The van der Waals surface area contributed by atoms with Crippen molar-refractivity contribution in [3.63, 3.8) is 0 Å². The molecule has 0 fully saturated rings. The first-order chi connectivity index (χ1) is 10.9. The van der Waals surface area contributed by atoms with Gasteiger partial charge in [0, 0.05) is 5.56 Å². The summed E-state index contributed by atoms with van der Waals surface area (Å²) >= 11 is 6.11. The molecule has 0 radical (unpaired) electrons. The summed E-state index contributed by atoms with van der Waals surface area (Å²) in [5.74, 6) is -0.488. The van der Waals surface area contributed by atoms with Gasteiger partial charge in [-0.25, -0.2) is 4.79 Å². The lowest BCUT2D eigenvalue weighted by atomic mass is 10.0. The highest BCUT2D eigenvalue weighted by Gasteiger charge is 2.26. The molecule has 23 heavy (non-hydrogen) atoms. The predicted octanol–water partition coefficient (Wildman–Crippen LogP) is 3.53. The van der Waals surface area contributed by atoms with Gasteiger partial charge < -0.3 is 14.5 Å². The SMILES string of the molecule is COC(=O)[C@@H](NC(=O)c1ccc(-c2ccccc2Cl)o1)C(C)C. The Hall–Kier alpha value is -2.27. The topological polar surface area (TPSA) is 68.5 Å². The Morgan fingerprint density at radius 2 is 1.87 bits per heavy atom. The molecular weight excluding hydrogens is 318 g/mol. The van der Waals surface area contributed by atoms with E-state index in [4.69, 9.17) is 20.8 Å². The van der Waals surface area contributed by atoms with Crippen LogP contribution in [-0.4, -0.2) is 25.0 Å². The Labute approximate surface area is 139 Å². The van der Waals surface area contributed by atoms with Crippen LogP contribution < -0.4 is 5.32 Å². The van der Waals surface area contributed by atoms with Gasteiger partial charge in [0.15, 0.2) is 5.76 Å². The number of furan rings is 1. The fraction of sp³-hybridized carbons (Fsp3) is 0.294. The van der Waals surface area contributed by atoms with E-state index in [0.29, 0.717) is 16.3 Å². The highest BCUT2D eigenvalue weighted by Crippen LogP contribution is 2.29. The Morgan fingerprint density at radius 1 is 1.17 bits per heavy atom. The molecule has 1 N–H and O–H groups in total. The van der Waals surface area contributed by atoms with Crippen LogP contribution in [0.3, 0.4) is 0 Å². The third kappa shape index (κ3) is 3.93. The number of hydrogen-bond donors (Lipinski definition) is 1. The van der Waals surface area contributed by atoms with Crippen molar-refractivity contribution in [2.75, 3.05) is 7.11 Å². The Bertz CT molecular complexity index is 708. The average molecular weight is 336 g/mol. The van der Waals surface area contributed by atoms with Crippen molar-refractivity contribution in [3.05, 3.63) is 47.2 Å².